The summed E-state index contributed by atoms with van der Waals surface area (Å²) in [6, 6.07) is 11.0. The number of aromatic nitrogens is 1. The SMILES string of the molecule is CC(C)(C)c1ccc(S(=O)(=O)NCc2cncc(-c3ccsc3)c2)cc1. The van der Waals surface area contributed by atoms with Gasteiger partial charge in [-0.1, -0.05) is 32.9 Å². The van der Waals surface area contributed by atoms with Crippen LogP contribution < -0.4 is 4.72 Å². The second-order valence-electron chi connectivity index (χ2n) is 7.19. The minimum Gasteiger partial charge on any atom is -0.264 e. The number of nitrogens with zero attached hydrogens (tertiary/aromatic N) is 1. The molecule has 0 unspecified atom stereocenters. The molecule has 0 fully saturated rings. The van der Waals surface area contributed by atoms with Gasteiger partial charge < -0.3 is 0 Å². The third-order valence-corrected chi connectivity index (χ3v) is 6.25. The van der Waals surface area contributed by atoms with Crippen molar-refractivity contribution in [3.8, 4) is 11.1 Å². The quantitative estimate of drug-likeness (QED) is 0.698. The van der Waals surface area contributed by atoms with Crippen molar-refractivity contribution in [2.45, 2.75) is 37.6 Å². The van der Waals surface area contributed by atoms with E-state index in [2.05, 4.69) is 30.5 Å². The highest BCUT2D eigenvalue weighted by molar-refractivity contribution is 7.89. The Hall–Kier alpha value is -2.02. The predicted octanol–water partition coefficient (Wildman–Crippen LogP) is 4.59. The lowest BCUT2D eigenvalue weighted by atomic mass is 9.87. The van der Waals surface area contributed by atoms with E-state index in [0.29, 0.717) is 0 Å². The van der Waals surface area contributed by atoms with E-state index in [4.69, 9.17) is 0 Å². The summed E-state index contributed by atoms with van der Waals surface area (Å²) < 4.78 is 27.8. The van der Waals surface area contributed by atoms with E-state index in [1.165, 1.54) is 0 Å². The van der Waals surface area contributed by atoms with E-state index in [-0.39, 0.29) is 16.9 Å². The van der Waals surface area contributed by atoms with E-state index in [1.807, 2.05) is 35.0 Å². The molecule has 3 aromatic rings. The van der Waals surface area contributed by atoms with Crippen LogP contribution in [0.1, 0.15) is 31.9 Å². The molecular weight excluding hydrogens is 364 g/mol. The minimum absolute atomic E-state index is 0.0104. The van der Waals surface area contributed by atoms with E-state index in [1.54, 1.807) is 35.9 Å². The van der Waals surface area contributed by atoms with Gasteiger partial charge in [0.05, 0.1) is 4.90 Å². The summed E-state index contributed by atoms with van der Waals surface area (Å²) in [5.74, 6) is 0. The molecule has 0 spiro atoms. The molecule has 26 heavy (non-hydrogen) atoms. The lowest BCUT2D eigenvalue weighted by Crippen LogP contribution is -2.23. The summed E-state index contributed by atoms with van der Waals surface area (Å²) in [6.45, 7) is 6.50. The van der Waals surface area contributed by atoms with Gasteiger partial charge in [-0.05, 0) is 57.1 Å². The highest BCUT2D eigenvalue weighted by Crippen LogP contribution is 2.24. The Morgan fingerprint density at radius 2 is 1.77 bits per heavy atom. The first-order valence-corrected chi connectivity index (χ1v) is 10.7. The average Bonchev–Trinajstić information content (AvgIpc) is 3.14. The standard InChI is InChI=1S/C20H22N2O2S2/c1-20(2,3)18-4-6-19(7-5-18)26(23,24)22-12-15-10-17(13-21-11-15)16-8-9-25-14-16/h4-11,13-14,22H,12H2,1-3H3. The maximum atomic E-state index is 12.6. The van der Waals surface area contributed by atoms with Gasteiger partial charge in [0.15, 0.2) is 0 Å². The zero-order chi connectivity index (χ0) is 18.8. The maximum absolute atomic E-state index is 12.6. The largest absolute Gasteiger partial charge is 0.264 e. The van der Waals surface area contributed by atoms with Crippen molar-refractivity contribution >= 4 is 21.4 Å². The van der Waals surface area contributed by atoms with Gasteiger partial charge >= 0.3 is 0 Å². The van der Waals surface area contributed by atoms with Crippen LogP contribution >= 0.6 is 11.3 Å². The molecular formula is C20H22N2O2S2. The van der Waals surface area contributed by atoms with E-state index in [0.717, 1.165) is 22.3 Å². The molecule has 0 aliphatic carbocycles. The number of pyridine rings is 1. The molecule has 2 heterocycles. The first-order chi connectivity index (χ1) is 12.3. The van der Waals surface area contributed by atoms with Gasteiger partial charge in [0, 0.05) is 24.5 Å². The van der Waals surface area contributed by atoms with Crippen molar-refractivity contribution < 1.29 is 8.42 Å². The van der Waals surface area contributed by atoms with Crippen LogP contribution in [0.3, 0.4) is 0 Å². The van der Waals surface area contributed by atoms with Crippen LogP contribution in [0, 0.1) is 0 Å². The Bertz CT molecular complexity index is 971. The molecule has 3 rings (SSSR count). The third kappa shape index (κ3) is 4.38. The van der Waals surface area contributed by atoms with Gasteiger partial charge in [0.2, 0.25) is 10.0 Å². The van der Waals surface area contributed by atoms with E-state index >= 15 is 0 Å². The topological polar surface area (TPSA) is 59.1 Å². The van der Waals surface area contributed by atoms with Gasteiger partial charge in [-0.2, -0.15) is 11.3 Å². The van der Waals surface area contributed by atoms with Crippen LogP contribution in [-0.4, -0.2) is 13.4 Å². The minimum atomic E-state index is -3.56. The summed E-state index contributed by atoms with van der Waals surface area (Å²) in [6.07, 6.45) is 3.46. The van der Waals surface area contributed by atoms with Crippen molar-refractivity contribution in [1.29, 1.82) is 0 Å². The van der Waals surface area contributed by atoms with Crippen molar-refractivity contribution in [3.63, 3.8) is 0 Å². The average molecular weight is 387 g/mol. The number of rotatable bonds is 5. The number of hydrogen-bond acceptors (Lipinski definition) is 4. The van der Waals surface area contributed by atoms with Crippen LogP contribution in [0.25, 0.3) is 11.1 Å². The van der Waals surface area contributed by atoms with Crippen molar-refractivity contribution in [1.82, 2.24) is 9.71 Å². The number of nitrogens with one attached hydrogen (secondary N) is 1. The van der Waals surface area contributed by atoms with Gasteiger partial charge in [-0.25, -0.2) is 13.1 Å². The Labute approximate surface area is 159 Å². The second-order valence-corrected chi connectivity index (χ2v) is 9.74. The van der Waals surface area contributed by atoms with Crippen LogP contribution in [-0.2, 0) is 22.0 Å². The Balaban J connectivity index is 1.73. The molecule has 1 aromatic carbocycles. The molecule has 0 atom stereocenters. The van der Waals surface area contributed by atoms with Crippen molar-refractivity contribution in [3.05, 3.63) is 70.7 Å². The Morgan fingerprint density at radius 3 is 2.38 bits per heavy atom. The summed E-state index contributed by atoms with van der Waals surface area (Å²) in [5.41, 5.74) is 3.99. The summed E-state index contributed by atoms with van der Waals surface area (Å²) in [5, 5.41) is 4.05. The van der Waals surface area contributed by atoms with Gasteiger partial charge in [0.25, 0.3) is 0 Å². The molecule has 1 N–H and O–H groups in total. The molecule has 6 heteroatoms. The van der Waals surface area contributed by atoms with E-state index < -0.39 is 10.0 Å². The van der Waals surface area contributed by atoms with Crippen molar-refractivity contribution in [2.24, 2.45) is 0 Å². The fraction of sp³-hybridized carbons (Fsp3) is 0.250. The fourth-order valence-corrected chi connectivity index (χ4v) is 4.25. The first-order valence-electron chi connectivity index (χ1n) is 8.32. The monoisotopic (exact) mass is 386 g/mol. The molecule has 0 aliphatic heterocycles. The molecule has 0 amide bonds. The molecule has 0 bridgehead atoms. The van der Waals surface area contributed by atoms with Crippen LogP contribution in [0.2, 0.25) is 0 Å². The van der Waals surface area contributed by atoms with E-state index in [9.17, 15) is 8.42 Å². The highest BCUT2D eigenvalue weighted by atomic mass is 32.2. The van der Waals surface area contributed by atoms with Gasteiger partial charge in [-0.3, -0.25) is 4.98 Å². The molecule has 0 aliphatic rings. The molecule has 0 saturated heterocycles. The molecule has 136 valence electrons. The fourth-order valence-electron chi connectivity index (χ4n) is 2.57. The van der Waals surface area contributed by atoms with Crippen LogP contribution in [0.5, 0.6) is 0 Å². The molecule has 2 aromatic heterocycles. The number of hydrogen-bond donors (Lipinski definition) is 1. The number of benzene rings is 1. The lowest BCUT2D eigenvalue weighted by molar-refractivity contribution is 0.578. The number of sulfonamides is 1. The zero-order valence-corrected chi connectivity index (χ0v) is 16.7. The number of thiophene rings is 1. The van der Waals surface area contributed by atoms with Crippen molar-refractivity contribution in [2.75, 3.05) is 0 Å². The zero-order valence-electron chi connectivity index (χ0n) is 15.1. The third-order valence-electron chi connectivity index (χ3n) is 4.15. The predicted molar refractivity (Wildman–Crippen MR) is 107 cm³/mol. The maximum Gasteiger partial charge on any atom is 0.240 e. The Morgan fingerprint density at radius 1 is 1.04 bits per heavy atom. The molecule has 4 nitrogen and oxygen atoms in total. The Kier molecular flexibility index (Phi) is 5.27. The summed E-state index contributed by atoms with van der Waals surface area (Å²) in [4.78, 5) is 4.49. The highest BCUT2D eigenvalue weighted by Gasteiger charge is 2.17. The summed E-state index contributed by atoms with van der Waals surface area (Å²) in [7, 11) is -3.56. The molecule has 0 radical (unpaired) electrons. The van der Waals surface area contributed by atoms with Gasteiger partial charge in [0.1, 0.15) is 0 Å². The normalized spacial score (nSPS) is 12.3. The smallest absolute Gasteiger partial charge is 0.240 e. The molecule has 0 saturated carbocycles. The second kappa shape index (κ2) is 7.31. The van der Waals surface area contributed by atoms with Crippen LogP contribution in [0.15, 0.2) is 64.4 Å². The summed E-state index contributed by atoms with van der Waals surface area (Å²) >= 11 is 1.62. The lowest BCUT2D eigenvalue weighted by Gasteiger charge is -2.19. The first kappa shape index (κ1) is 18.8. The van der Waals surface area contributed by atoms with Crippen LogP contribution in [0.4, 0.5) is 0 Å². The van der Waals surface area contributed by atoms with Gasteiger partial charge in [-0.15, -0.1) is 0 Å².